The van der Waals surface area contributed by atoms with Gasteiger partial charge < -0.3 is 20.3 Å². The van der Waals surface area contributed by atoms with Gasteiger partial charge in [-0.25, -0.2) is 4.98 Å². The van der Waals surface area contributed by atoms with Crippen molar-refractivity contribution in [3.05, 3.63) is 59.3 Å². The second-order valence-corrected chi connectivity index (χ2v) is 9.61. The Balaban J connectivity index is 1.27. The number of rotatable bonds is 6. The summed E-state index contributed by atoms with van der Waals surface area (Å²) in [6, 6.07) is 13.1. The number of aryl methyl sites for hydroxylation is 1. The first kappa shape index (κ1) is 23.6. The number of hydrogen-bond donors (Lipinski definition) is 2. The molecule has 3 heterocycles. The molecule has 2 saturated heterocycles. The van der Waals surface area contributed by atoms with Crippen LogP contribution in [-0.2, 0) is 11.3 Å². The molecule has 0 radical (unpaired) electrons. The maximum absolute atomic E-state index is 6.17. The molecule has 4 rings (SSSR count). The highest BCUT2D eigenvalue weighted by molar-refractivity contribution is 5.79. The van der Waals surface area contributed by atoms with Crippen molar-refractivity contribution >= 4 is 11.8 Å². The Labute approximate surface area is 198 Å². The number of benzene rings is 1. The predicted octanol–water partition coefficient (Wildman–Crippen LogP) is 4.46. The van der Waals surface area contributed by atoms with Gasteiger partial charge in [0.25, 0.3) is 0 Å². The SMILES string of the molecule is CN=C(NCc1ccc(N2CCC(C)CC2)nc1)NCC1CCCOC1c1ccc(C)cc1. The fourth-order valence-corrected chi connectivity index (χ4v) is 4.76. The molecule has 1 aromatic heterocycles. The molecule has 2 unspecified atom stereocenters. The number of nitrogens with zero attached hydrogens (tertiary/aromatic N) is 3. The largest absolute Gasteiger partial charge is 0.373 e. The third-order valence-electron chi connectivity index (χ3n) is 6.98. The maximum atomic E-state index is 6.17. The smallest absolute Gasteiger partial charge is 0.191 e. The van der Waals surface area contributed by atoms with Gasteiger partial charge in [0.15, 0.2) is 5.96 Å². The summed E-state index contributed by atoms with van der Waals surface area (Å²) in [5.74, 6) is 3.16. The third-order valence-corrected chi connectivity index (χ3v) is 6.98. The molecular formula is C27H39N5O. The fourth-order valence-electron chi connectivity index (χ4n) is 4.76. The van der Waals surface area contributed by atoms with Gasteiger partial charge in [0.05, 0.1) is 6.10 Å². The first-order valence-corrected chi connectivity index (χ1v) is 12.4. The lowest BCUT2D eigenvalue weighted by Gasteiger charge is -2.32. The predicted molar refractivity (Wildman–Crippen MR) is 136 cm³/mol. The molecule has 2 aliphatic heterocycles. The van der Waals surface area contributed by atoms with Crippen LogP contribution in [0.25, 0.3) is 0 Å². The van der Waals surface area contributed by atoms with E-state index in [9.17, 15) is 0 Å². The van der Waals surface area contributed by atoms with Gasteiger partial charge in [0.2, 0.25) is 0 Å². The number of hydrogen-bond acceptors (Lipinski definition) is 4. The van der Waals surface area contributed by atoms with Crippen LogP contribution in [0.2, 0.25) is 0 Å². The molecule has 2 aromatic rings. The number of aliphatic imine (C=N–C) groups is 1. The minimum Gasteiger partial charge on any atom is -0.373 e. The van der Waals surface area contributed by atoms with E-state index in [-0.39, 0.29) is 6.10 Å². The van der Waals surface area contributed by atoms with Gasteiger partial charge in [-0.3, -0.25) is 4.99 Å². The quantitative estimate of drug-likeness (QED) is 0.504. The van der Waals surface area contributed by atoms with Gasteiger partial charge in [-0.15, -0.1) is 0 Å². The molecule has 2 fully saturated rings. The summed E-state index contributed by atoms with van der Waals surface area (Å²) in [7, 11) is 1.82. The second kappa shape index (κ2) is 11.5. The highest BCUT2D eigenvalue weighted by Gasteiger charge is 2.27. The van der Waals surface area contributed by atoms with E-state index in [1.165, 1.54) is 24.0 Å². The highest BCUT2D eigenvalue weighted by Crippen LogP contribution is 2.33. The van der Waals surface area contributed by atoms with Gasteiger partial charge in [0, 0.05) is 51.9 Å². The molecule has 0 bridgehead atoms. The Morgan fingerprint density at radius 3 is 2.58 bits per heavy atom. The van der Waals surface area contributed by atoms with E-state index in [4.69, 9.17) is 9.72 Å². The normalized spacial score (nSPS) is 22.3. The van der Waals surface area contributed by atoms with E-state index in [2.05, 4.69) is 70.8 Å². The lowest BCUT2D eigenvalue weighted by Crippen LogP contribution is -2.41. The molecule has 1 aromatic carbocycles. The molecule has 6 heteroatoms. The molecule has 2 N–H and O–H groups in total. The lowest BCUT2D eigenvalue weighted by atomic mass is 9.89. The average Bonchev–Trinajstić information content (AvgIpc) is 2.86. The number of pyridine rings is 1. The zero-order chi connectivity index (χ0) is 23.0. The van der Waals surface area contributed by atoms with Crippen molar-refractivity contribution < 1.29 is 4.74 Å². The molecule has 0 amide bonds. The standard InChI is InChI=1S/C27H39N5O/c1-20-6-9-23(10-7-20)26-24(5-4-16-33-26)19-31-27(28-3)30-18-22-8-11-25(29-17-22)32-14-12-21(2)13-15-32/h6-11,17,21,24,26H,4-5,12-16,18-19H2,1-3H3,(H2,28,30,31). The Morgan fingerprint density at radius 1 is 1.09 bits per heavy atom. The summed E-state index contributed by atoms with van der Waals surface area (Å²) >= 11 is 0. The van der Waals surface area contributed by atoms with Crippen LogP contribution in [0, 0.1) is 18.8 Å². The number of ether oxygens (including phenoxy) is 1. The van der Waals surface area contributed by atoms with Crippen LogP contribution < -0.4 is 15.5 Å². The Hall–Kier alpha value is -2.60. The number of piperidine rings is 1. The van der Waals surface area contributed by atoms with Crippen LogP contribution in [0.15, 0.2) is 47.6 Å². The molecule has 33 heavy (non-hydrogen) atoms. The molecule has 178 valence electrons. The van der Waals surface area contributed by atoms with E-state index in [0.29, 0.717) is 12.5 Å². The van der Waals surface area contributed by atoms with Crippen molar-refractivity contribution in [2.75, 3.05) is 38.2 Å². The zero-order valence-corrected chi connectivity index (χ0v) is 20.4. The highest BCUT2D eigenvalue weighted by atomic mass is 16.5. The van der Waals surface area contributed by atoms with Crippen molar-refractivity contribution in [2.24, 2.45) is 16.8 Å². The van der Waals surface area contributed by atoms with E-state index >= 15 is 0 Å². The Kier molecular flexibility index (Phi) is 8.21. The van der Waals surface area contributed by atoms with Gasteiger partial charge in [-0.1, -0.05) is 42.8 Å². The first-order chi connectivity index (χ1) is 16.1. The number of guanidine groups is 1. The maximum Gasteiger partial charge on any atom is 0.191 e. The summed E-state index contributed by atoms with van der Waals surface area (Å²) in [6.45, 7) is 9.05. The van der Waals surface area contributed by atoms with E-state index < -0.39 is 0 Å². The minimum absolute atomic E-state index is 0.138. The van der Waals surface area contributed by atoms with Crippen LogP contribution in [0.4, 0.5) is 5.82 Å². The zero-order valence-electron chi connectivity index (χ0n) is 20.4. The lowest BCUT2D eigenvalue weighted by molar-refractivity contribution is -0.0265. The molecule has 0 saturated carbocycles. The van der Waals surface area contributed by atoms with Crippen molar-refractivity contribution in [2.45, 2.75) is 52.2 Å². The van der Waals surface area contributed by atoms with E-state index in [1.807, 2.05) is 13.2 Å². The Morgan fingerprint density at radius 2 is 1.88 bits per heavy atom. The molecule has 0 spiro atoms. The van der Waals surface area contributed by atoms with Crippen LogP contribution >= 0.6 is 0 Å². The van der Waals surface area contributed by atoms with Crippen LogP contribution in [0.3, 0.4) is 0 Å². The van der Waals surface area contributed by atoms with E-state index in [1.54, 1.807) is 0 Å². The molecule has 2 atom stereocenters. The monoisotopic (exact) mass is 449 g/mol. The summed E-state index contributed by atoms with van der Waals surface area (Å²) in [5.41, 5.74) is 3.71. The summed E-state index contributed by atoms with van der Waals surface area (Å²) in [4.78, 5) is 11.5. The van der Waals surface area contributed by atoms with Gasteiger partial charge >= 0.3 is 0 Å². The second-order valence-electron chi connectivity index (χ2n) is 9.61. The molecule has 6 nitrogen and oxygen atoms in total. The van der Waals surface area contributed by atoms with E-state index in [0.717, 1.165) is 62.3 Å². The van der Waals surface area contributed by atoms with Crippen molar-refractivity contribution in [1.82, 2.24) is 15.6 Å². The van der Waals surface area contributed by atoms with Crippen LogP contribution in [0.1, 0.15) is 55.4 Å². The summed E-state index contributed by atoms with van der Waals surface area (Å²) in [5, 5.41) is 6.95. The Bertz CT molecular complexity index is 888. The number of anilines is 1. The minimum atomic E-state index is 0.138. The number of nitrogens with one attached hydrogen (secondary N) is 2. The topological polar surface area (TPSA) is 61.8 Å². The van der Waals surface area contributed by atoms with Crippen LogP contribution in [0.5, 0.6) is 0 Å². The number of aromatic nitrogens is 1. The van der Waals surface area contributed by atoms with Gasteiger partial charge in [0.1, 0.15) is 5.82 Å². The fraction of sp³-hybridized carbons (Fsp3) is 0.556. The summed E-state index contributed by atoms with van der Waals surface area (Å²) in [6.07, 6.45) is 6.89. The summed E-state index contributed by atoms with van der Waals surface area (Å²) < 4.78 is 6.17. The van der Waals surface area contributed by atoms with Crippen molar-refractivity contribution in [1.29, 1.82) is 0 Å². The molecular weight excluding hydrogens is 410 g/mol. The van der Waals surface area contributed by atoms with Crippen molar-refractivity contribution in [3.63, 3.8) is 0 Å². The average molecular weight is 450 g/mol. The molecule has 0 aliphatic carbocycles. The van der Waals surface area contributed by atoms with Gasteiger partial charge in [-0.2, -0.15) is 0 Å². The third kappa shape index (κ3) is 6.47. The van der Waals surface area contributed by atoms with Crippen LogP contribution in [-0.4, -0.2) is 44.2 Å². The van der Waals surface area contributed by atoms with Crippen molar-refractivity contribution in [3.8, 4) is 0 Å². The van der Waals surface area contributed by atoms with Gasteiger partial charge in [-0.05, 0) is 55.7 Å². The first-order valence-electron chi connectivity index (χ1n) is 12.4. The molecule has 2 aliphatic rings.